The molecule has 1 amide bonds. The van der Waals surface area contributed by atoms with Gasteiger partial charge in [0.05, 0.1) is 17.6 Å². The third kappa shape index (κ3) is 4.41. The summed E-state index contributed by atoms with van der Waals surface area (Å²) in [6, 6.07) is 6.28. The van der Waals surface area contributed by atoms with Gasteiger partial charge in [-0.25, -0.2) is 4.79 Å². The van der Waals surface area contributed by atoms with E-state index in [0.717, 1.165) is 5.56 Å². The highest BCUT2D eigenvalue weighted by atomic mass is 16.6. The number of benzene rings is 1. The SMILES string of the molecule is CC(C)(C)OC(=O)N1CCC(c2cccc([N+](=O)[O-])c2)C(O)C1. The van der Waals surface area contributed by atoms with Crippen molar-refractivity contribution in [3.63, 3.8) is 0 Å². The summed E-state index contributed by atoms with van der Waals surface area (Å²) in [5.74, 6) is -0.228. The number of hydrogen-bond donors (Lipinski definition) is 1. The quantitative estimate of drug-likeness (QED) is 0.667. The molecule has 126 valence electrons. The van der Waals surface area contributed by atoms with E-state index >= 15 is 0 Å². The molecule has 2 atom stereocenters. The average Bonchev–Trinajstić information content (AvgIpc) is 2.45. The number of piperidine rings is 1. The number of rotatable bonds is 2. The Morgan fingerprint density at radius 1 is 1.43 bits per heavy atom. The van der Waals surface area contributed by atoms with Crippen LogP contribution in [0.4, 0.5) is 10.5 Å². The molecule has 1 saturated heterocycles. The van der Waals surface area contributed by atoms with Crippen molar-refractivity contribution in [2.24, 2.45) is 0 Å². The van der Waals surface area contributed by atoms with Crippen LogP contribution in [0.25, 0.3) is 0 Å². The van der Waals surface area contributed by atoms with Crippen LogP contribution in [0.15, 0.2) is 24.3 Å². The van der Waals surface area contributed by atoms with E-state index in [1.54, 1.807) is 32.9 Å². The Kier molecular flexibility index (Phi) is 4.89. The monoisotopic (exact) mass is 322 g/mol. The molecule has 0 aliphatic carbocycles. The molecule has 1 aliphatic heterocycles. The molecule has 0 bridgehead atoms. The number of aliphatic hydroxyl groups is 1. The molecule has 2 rings (SSSR count). The van der Waals surface area contributed by atoms with Crippen LogP contribution in [0.1, 0.15) is 38.7 Å². The van der Waals surface area contributed by atoms with Crippen LogP contribution >= 0.6 is 0 Å². The van der Waals surface area contributed by atoms with E-state index < -0.39 is 22.7 Å². The van der Waals surface area contributed by atoms with Gasteiger partial charge in [0, 0.05) is 24.6 Å². The molecule has 0 radical (unpaired) electrons. The van der Waals surface area contributed by atoms with Gasteiger partial charge < -0.3 is 14.7 Å². The van der Waals surface area contributed by atoms with Gasteiger partial charge in [0.2, 0.25) is 0 Å². The normalized spacial score (nSPS) is 21.8. The first-order valence-electron chi connectivity index (χ1n) is 7.58. The predicted octanol–water partition coefficient (Wildman–Crippen LogP) is 2.68. The molecule has 1 heterocycles. The lowest BCUT2D eigenvalue weighted by Gasteiger charge is -2.36. The van der Waals surface area contributed by atoms with Crippen LogP contribution < -0.4 is 0 Å². The van der Waals surface area contributed by atoms with Gasteiger partial charge >= 0.3 is 6.09 Å². The number of ether oxygens (including phenoxy) is 1. The summed E-state index contributed by atoms with van der Waals surface area (Å²) < 4.78 is 5.30. The highest BCUT2D eigenvalue weighted by Crippen LogP contribution is 2.31. The van der Waals surface area contributed by atoms with Gasteiger partial charge in [-0.2, -0.15) is 0 Å². The first-order chi connectivity index (χ1) is 10.7. The van der Waals surface area contributed by atoms with Crippen LogP contribution in [0.3, 0.4) is 0 Å². The Hall–Kier alpha value is -2.15. The van der Waals surface area contributed by atoms with Crippen molar-refractivity contribution in [1.82, 2.24) is 4.90 Å². The average molecular weight is 322 g/mol. The van der Waals surface area contributed by atoms with E-state index in [-0.39, 0.29) is 18.2 Å². The number of aliphatic hydroxyl groups excluding tert-OH is 1. The lowest BCUT2D eigenvalue weighted by atomic mass is 9.87. The number of nitro benzene ring substituents is 1. The molecule has 23 heavy (non-hydrogen) atoms. The minimum Gasteiger partial charge on any atom is -0.444 e. The van der Waals surface area contributed by atoms with Gasteiger partial charge in [0.25, 0.3) is 5.69 Å². The Balaban J connectivity index is 2.06. The van der Waals surface area contributed by atoms with Crippen molar-refractivity contribution in [3.05, 3.63) is 39.9 Å². The molecule has 1 aliphatic rings. The number of amides is 1. The fourth-order valence-electron chi connectivity index (χ4n) is 2.68. The smallest absolute Gasteiger partial charge is 0.410 e. The largest absolute Gasteiger partial charge is 0.444 e. The number of carbonyl (C=O) groups is 1. The molecule has 0 aromatic heterocycles. The summed E-state index contributed by atoms with van der Waals surface area (Å²) in [5, 5.41) is 21.2. The summed E-state index contributed by atoms with van der Waals surface area (Å²) in [5.41, 5.74) is 0.138. The minimum absolute atomic E-state index is 0.00396. The van der Waals surface area contributed by atoms with E-state index in [0.29, 0.717) is 13.0 Å². The van der Waals surface area contributed by atoms with Crippen LogP contribution in [-0.4, -0.2) is 45.8 Å². The second-order valence-corrected chi connectivity index (χ2v) is 6.74. The zero-order valence-corrected chi connectivity index (χ0v) is 13.6. The van der Waals surface area contributed by atoms with Crippen molar-refractivity contribution in [2.75, 3.05) is 13.1 Å². The molecule has 2 unspecified atom stereocenters. The first-order valence-corrected chi connectivity index (χ1v) is 7.58. The van der Waals surface area contributed by atoms with Crippen molar-refractivity contribution in [1.29, 1.82) is 0 Å². The summed E-state index contributed by atoms with van der Waals surface area (Å²) in [6.07, 6.45) is -0.700. The minimum atomic E-state index is -0.779. The Morgan fingerprint density at radius 3 is 2.70 bits per heavy atom. The molecule has 0 saturated carbocycles. The molecule has 0 spiro atoms. The first kappa shape index (κ1) is 17.2. The van der Waals surface area contributed by atoms with Gasteiger partial charge in [0.1, 0.15) is 5.60 Å². The van der Waals surface area contributed by atoms with Gasteiger partial charge in [-0.05, 0) is 32.8 Å². The zero-order valence-electron chi connectivity index (χ0n) is 13.6. The maximum absolute atomic E-state index is 12.0. The number of likely N-dealkylation sites (tertiary alicyclic amines) is 1. The lowest BCUT2D eigenvalue weighted by molar-refractivity contribution is -0.384. The summed E-state index contributed by atoms with van der Waals surface area (Å²) in [7, 11) is 0. The van der Waals surface area contributed by atoms with E-state index in [1.165, 1.54) is 17.0 Å². The van der Waals surface area contributed by atoms with Crippen LogP contribution in [0, 0.1) is 10.1 Å². The van der Waals surface area contributed by atoms with E-state index in [1.807, 2.05) is 0 Å². The fourth-order valence-corrected chi connectivity index (χ4v) is 2.68. The van der Waals surface area contributed by atoms with Crippen molar-refractivity contribution in [2.45, 2.75) is 44.8 Å². The molecular weight excluding hydrogens is 300 g/mol. The van der Waals surface area contributed by atoms with Crippen molar-refractivity contribution in [3.8, 4) is 0 Å². The number of non-ortho nitro benzene ring substituents is 1. The van der Waals surface area contributed by atoms with E-state index in [4.69, 9.17) is 4.74 Å². The highest BCUT2D eigenvalue weighted by molar-refractivity contribution is 5.68. The number of nitrogens with zero attached hydrogens (tertiary/aromatic N) is 2. The Morgan fingerprint density at radius 2 is 2.13 bits per heavy atom. The second-order valence-electron chi connectivity index (χ2n) is 6.74. The number of nitro groups is 1. The molecule has 1 fully saturated rings. The third-order valence-corrected chi connectivity index (χ3v) is 3.74. The van der Waals surface area contributed by atoms with Gasteiger partial charge in [0.15, 0.2) is 0 Å². The number of hydrogen-bond acceptors (Lipinski definition) is 5. The van der Waals surface area contributed by atoms with Crippen LogP contribution in [0.5, 0.6) is 0 Å². The molecular formula is C16H22N2O5. The number of β-amino-alcohol motifs (C(OH)–C–C–N with tert-alkyl or cyclic N) is 1. The van der Waals surface area contributed by atoms with Crippen molar-refractivity contribution < 1.29 is 19.6 Å². The molecule has 1 aromatic rings. The molecule has 1 aromatic carbocycles. The summed E-state index contributed by atoms with van der Waals surface area (Å²) in [4.78, 5) is 23.9. The van der Waals surface area contributed by atoms with Crippen molar-refractivity contribution >= 4 is 11.8 Å². The van der Waals surface area contributed by atoms with E-state index in [2.05, 4.69) is 0 Å². The Labute approximate surface area is 135 Å². The second kappa shape index (κ2) is 6.54. The third-order valence-electron chi connectivity index (χ3n) is 3.74. The van der Waals surface area contributed by atoms with Gasteiger partial charge in [-0.1, -0.05) is 12.1 Å². The van der Waals surface area contributed by atoms with Crippen LogP contribution in [0.2, 0.25) is 0 Å². The molecule has 7 heteroatoms. The number of carbonyl (C=O) groups excluding carboxylic acids is 1. The lowest BCUT2D eigenvalue weighted by Crippen LogP contribution is -2.47. The maximum Gasteiger partial charge on any atom is 0.410 e. The summed E-state index contributed by atoms with van der Waals surface area (Å²) >= 11 is 0. The molecule has 1 N–H and O–H groups in total. The van der Waals surface area contributed by atoms with Gasteiger partial charge in [-0.3, -0.25) is 10.1 Å². The molecule has 7 nitrogen and oxygen atoms in total. The maximum atomic E-state index is 12.0. The Bertz CT molecular complexity index is 596. The zero-order chi connectivity index (χ0) is 17.2. The standard InChI is InChI=1S/C16H22N2O5/c1-16(2,3)23-15(20)17-8-7-13(14(19)10-17)11-5-4-6-12(9-11)18(21)22/h4-6,9,13-14,19H,7-8,10H2,1-3H3. The highest BCUT2D eigenvalue weighted by Gasteiger charge is 2.33. The van der Waals surface area contributed by atoms with Gasteiger partial charge in [-0.15, -0.1) is 0 Å². The predicted molar refractivity (Wildman–Crippen MR) is 84.3 cm³/mol. The van der Waals surface area contributed by atoms with Crippen LogP contribution in [-0.2, 0) is 4.74 Å². The van der Waals surface area contributed by atoms with E-state index in [9.17, 15) is 20.0 Å². The fraction of sp³-hybridized carbons (Fsp3) is 0.562. The topological polar surface area (TPSA) is 92.9 Å². The summed E-state index contributed by atoms with van der Waals surface area (Å²) in [6.45, 7) is 5.97.